The van der Waals surface area contributed by atoms with Gasteiger partial charge in [-0.1, -0.05) is 35.3 Å². The highest BCUT2D eigenvalue weighted by atomic mass is 35.5. The van der Waals surface area contributed by atoms with Crippen molar-refractivity contribution in [2.45, 2.75) is 0 Å². The van der Waals surface area contributed by atoms with Crippen molar-refractivity contribution in [3.8, 4) is 12.1 Å². The molecule has 1 heterocycles. The first-order chi connectivity index (χ1) is 12.6. The first-order valence-electron chi connectivity index (χ1n) is 7.36. The molecule has 0 radical (unpaired) electrons. The van der Waals surface area contributed by atoms with Crippen LogP contribution in [0.25, 0.3) is 0 Å². The third-order valence-corrected chi connectivity index (χ3v) is 3.75. The maximum absolute atomic E-state index is 9.21. The Balaban J connectivity index is 2.05. The van der Waals surface area contributed by atoms with Crippen molar-refractivity contribution in [1.29, 1.82) is 10.5 Å². The van der Waals surface area contributed by atoms with E-state index < -0.39 is 0 Å². The molecule has 2 aromatic carbocycles. The Labute approximate surface area is 159 Å². The molecule has 0 atom stereocenters. The summed E-state index contributed by atoms with van der Waals surface area (Å²) >= 11 is 12.0. The largest absolute Gasteiger partial charge is 0.337 e. The Bertz CT molecular complexity index is 968. The molecular weight excluding hydrogens is 371 g/mol. The lowest BCUT2D eigenvalue weighted by atomic mass is 10.3. The SMILES string of the molecule is N#Cc1nc(Nc2cccc(Cl)c2)c(Nc2cccc(Cl)c2)nc1C#N. The van der Waals surface area contributed by atoms with E-state index in [1.54, 1.807) is 48.5 Å². The van der Waals surface area contributed by atoms with E-state index in [0.29, 0.717) is 21.4 Å². The van der Waals surface area contributed by atoms with Gasteiger partial charge in [0.1, 0.15) is 12.1 Å². The standard InChI is InChI=1S/C18H10Cl2N6/c19-11-3-1-5-13(7-11)23-17-18(24-14-6-2-4-12(20)8-14)26-16(10-22)15(9-21)25-17/h1-8H,(H,23,25)(H,24,26). The minimum absolute atomic E-state index is 0.0753. The van der Waals surface area contributed by atoms with Crippen LogP contribution in [0.2, 0.25) is 10.0 Å². The number of nitrogens with one attached hydrogen (secondary N) is 2. The third kappa shape index (κ3) is 4.01. The number of hydrogen-bond acceptors (Lipinski definition) is 6. The summed E-state index contributed by atoms with van der Waals surface area (Å²) in [5.41, 5.74) is 1.17. The molecule has 0 unspecified atom stereocenters. The highest BCUT2D eigenvalue weighted by molar-refractivity contribution is 6.31. The molecule has 0 fully saturated rings. The predicted molar refractivity (Wildman–Crippen MR) is 101 cm³/mol. The summed E-state index contributed by atoms with van der Waals surface area (Å²) in [5, 5.41) is 25.6. The molecule has 2 N–H and O–H groups in total. The number of rotatable bonds is 4. The third-order valence-electron chi connectivity index (χ3n) is 3.28. The average Bonchev–Trinajstić information content (AvgIpc) is 2.62. The highest BCUT2D eigenvalue weighted by Gasteiger charge is 2.14. The van der Waals surface area contributed by atoms with Crippen LogP contribution in [0, 0.1) is 22.7 Å². The van der Waals surface area contributed by atoms with E-state index in [1.807, 2.05) is 12.1 Å². The van der Waals surface area contributed by atoms with E-state index in [0.717, 1.165) is 0 Å². The van der Waals surface area contributed by atoms with Gasteiger partial charge in [-0.2, -0.15) is 10.5 Å². The fourth-order valence-corrected chi connectivity index (χ4v) is 2.55. The fraction of sp³-hybridized carbons (Fsp3) is 0. The molecule has 0 saturated heterocycles. The minimum Gasteiger partial charge on any atom is -0.337 e. The maximum Gasteiger partial charge on any atom is 0.179 e. The zero-order chi connectivity index (χ0) is 18.5. The summed E-state index contributed by atoms with van der Waals surface area (Å²) in [7, 11) is 0. The molecule has 0 aliphatic rings. The quantitative estimate of drug-likeness (QED) is 0.659. The van der Waals surface area contributed by atoms with Gasteiger partial charge in [-0.15, -0.1) is 0 Å². The minimum atomic E-state index is -0.0753. The molecule has 0 aliphatic carbocycles. The first kappa shape index (κ1) is 17.5. The second kappa shape index (κ2) is 7.71. The van der Waals surface area contributed by atoms with Crippen LogP contribution >= 0.6 is 23.2 Å². The summed E-state index contributed by atoms with van der Waals surface area (Å²) in [6.07, 6.45) is 0. The maximum atomic E-state index is 9.21. The molecule has 0 amide bonds. The van der Waals surface area contributed by atoms with Gasteiger partial charge in [0.15, 0.2) is 23.0 Å². The van der Waals surface area contributed by atoms with E-state index in [2.05, 4.69) is 20.6 Å². The number of anilines is 4. The lowest BCUT2D eigenvalue weighted by Crippen LogP contribution is -2.06. The van der Waals surface area contributed by atoms with E-state index in [-0.39, 0.29) is 23.0 Å². The van der Waals surface area contributed by atoms with Crippen LogP contribution in [0.5, 0.6) is 0 Å². The summed E-state index contributed by atoms with van der Waals surface area (Å²) in [6, 6.07) is 17.8. The van der Waals surface area contributed by atoms with Gasteiger partial charge in [0, 0.05) is 21.4 Å². The number of halogens is 2. The fourth-order valence-electron chi connectivity index (χ4n) is 2.17. The number of hydrogen-bond donors (Lipinski definition) is 2. The molecule has 0 aliphatic heterocycles. The van der Waals surface area contributed by atoms with Gasteiger partial charge in [-0.3, -0.25) is 0 Å². The molecule has 26 heavy (non-hydrogen) atoms. The van der Waals surface area contributed by atoms with Gasteiger partial charge >= 0.3 is 0 Å². The summed E-state index contributed by atoms with van der Waals surface area (Å²) in [5.74, 6) is 0.561. The van der Waals surface area contributed by atoms with Gasteiger partial charge < -0.3 is 10.6 Å². The van der Waals surface area contributed by atoms with Crippen molar-refractivity contribution in [1.82, 2.24) is 9.97 Å². The Morgan fingerprint density at radius 1 is 0.731 bits per heavy atom. The zero-order valence-corrected chi connectivity index (χ0v) is 14.7. The van der Waals surface area contributed by atoms with Gasteiger partial charge in [0.2, 0.25) is 0 Å². The molecular formula is C18H10Cl2N6. The smallest absolute Gasteiger partial charge is 0.179 e. The molecule has 0 bridgehead atoms. The Kier molecular flexibility index (Phi) is 5.19. The summed E-state index contributed by atoms with van der Waals surface area (Å²) < 4.78 is 0. The molecule has 0 spiro atoms. The van der Waals surface area contributed by atoms with Crippen molar-refractivity contribution in [2.75, 3.05) is 10.6 Å². The second-order valence-corrected chi connectivity index (χ2v) is 5.99. The molecule has 1 aromatic heterocycles. The normalized spacial score (nSPS) is 9.85. The van der Waals surface area contributed by atoms with E-state index in [1.165, 1.54) is 0 Å². The average molecular weight is 381 g/mol. The molecule has 3 aromatic rings. The number of nitrogens with zero attached hydrogens (tertiary/aromatic N) is 4. The molecule has 126 valence electrons. The van der Waals surface area contributed by atoms with E-state index in [9.17, 15) is 10.5 Å². The van der Waals surface area contributed by atoms with Crippen molar-refractivity contribution in [2.24, 2.45) is 0 Å². The van der Waals surface area contributed by atoms with E-state index >= 15 is 0 Å². The van der Waals surface area contributed by atoms with Crippen molar-refractivity contribution < 1.29 is 0 Å². The van der Waals surface area contributed by atoms with Crippen LogP contribution in [0.1, 0.15) is 11.4 Å². The van der Waals surface area contributed by atoms with Crippen LogP contribution in [0.4, 0.5) is 23.0 Å². The predicted octanol–water partition coefficient (Wildman–Crippen LogP) is 5.01. The summed E-state index contributed by atoms with van der Waals surface area (Å²) in [4.78, 5) is 8.42. The van der Waals surface area contributed by atoms with Crippen LogP contribution in [-0.2, 0) is 0 Å². The number of benzene rings is 2. The topological polar surface area (TPSA) is 97.4 Å². The molecule has 6 nitrogen and oxygen atoms in total. The van der Waals surface area contributed by atoms with Crippen molar-refractivity contribution in [3.63, 3.8) is 0 Å². The highest BCUT2D eigenvalue weighted by Crippen LogP contribution is 2.28. The first-order valence-corrected chi connectivity index (χ1v) is 8.12. The Morgan fingerprint density at radius 2 is 1.15 bits per heavy atom. The van der Waals surface area contributed by atoms with E-state index in [4.69, 9.17) is 23.2 Å². The molecule has 0 saturated carbocycles. The van der Waals surface area contributed by atoms with Gasteiger partial charge in [0.05, 0.1) is 0 Å². The Morgan fingerprint density at radius 3 is 1.50 bits per heavy atom. The second-order valence-electron chi connectivity index (χ2n) is 5.11. The van der Waals surface area contributed by atoms with Gasteiger partial charge in [0.25, 0.3) is 0 Å². The monoisotopic (exact) mass is 380 g/mol. The van der Waals surface area contributed by atoms with Gasteiger partial charge in [-0.05, 0) is 36.4 Å². The lowest BCUT2D eigenvalue weighted by molar-refractivity contribution is 1.13. The Hall–Kier alpha value is -3.32. The number of nitriles is 2. The van der Waals surface area contributed by atoms with Crippen LogP contribution in [0.3, 0.4) is 0 Å². The lowest BCUT2D eigenvalue weighted by Gasteiger charge is -2.13. The molecule has 3 rings (SSSR count). The van der Waals surface area contributed by atoms with Crippen LogP contribution in [-0.4, -0.2) is 9.97 Å². The summed E-state index contributed by atoms with van der Waals surface area (Å²) in [6.45, 7) is 0. The van der Waals surface area contributed by atoms with Gasteiger partial charge in [-0.25, -0.2) is 9.97 Å². The zero-order valence-electron chi connectivity index (χ0n) is 13.2. The van der Waals surface area contributed by atoms with Crippen LogP contribution < -0.4 is 10.6 Å². The van der Waals surface area contributed by atoms with Crippen molar-refractivity contribution >= 4 is 46.2 Å². The van der Waals surface area contributed by atoms with Crippen LogP contribution in [0.15, 0.2) is 48.5 Å². The molecule has 8 heteroatoms. The van der Waals surface area contributed by atoms with Crippen molar-refractivity contribution in [3.05, 3.63) is 70.0 Å². The number of aromatic nitrogens is 2.